The van der Waals surface area contributed by atoms with Crippen LogP contribution < -0.4 is 4.90 Å². The maximum absolute atomic E-state index is 5.38. The van der Waals surface area contributed by atoms with Crippen LogP contribution in [0.5, 0.6) is 0 Å². The first-order valence-corrected chi connectivity index (χ1v) is 10.6. The normalized spacial score (nSPS) is 18.4. The van der Waals surface area contributed by atoms with Crippen LogP contribution in [0.3, 0.4) is 0 Å². The van der Waals surface area contributed by atoms with E-state index in [0.29, 0.717) is 16.0 Å². The molecule has 1 heterocycles. The van der Waals surface area contributed by atoms with Gasteiger partial charge in [-0.3, -0.25) is 0 Å². The summed E-state index contributed by atoms with van der Waals surface area (Å²) >= 11 is 5.65. The van der Waals surface area contributed by atoms with Crippen molar-refractivity contribution in [2.75, 3.05) is 19.0 Å². The van der Waals surface area contributed by atoms with E-state index < -0.39 is 0 Å². The Kier molecular flexibility index (Phi) is 5.57. The number of rotatable bonds is 3. The Morgan fingerprint density at radius 3 is 2.28 bits per heavy atom. The van der Waals surface area contributed by atoms with E-state index in [1.807, 2.05) is 25.1 Å². The molecule has 0 aromatic heterocycles. The number of hydrogen-bond acceptors (Lipinski definition) is 1. The number of nitrogens with zero attached hydrogens (tertiary/aromatic N) is 3. The van der Waals surface area contributed by atoms with Gasteiger partial charge >= 0.3 is 162 Å². The van der Waals surface area contributed by atoms with E-state index in [4.69, 9.17) is 12.2 Å². The third kappa shape index (κ3) is 3.95. The van der Waals surface area contributed by atoms with Gasteiger partial charge in [0.05, 0.1) is 0 Å². The minimum atomic E-state index is 0.273. The summed E-state index contributed by atoms with van der Waals surface area (Å²) in [6, 6.07) is 19.5. The molecule has 0 aliphatic carbocycles. The van der Waals surface area contributed by atoms with E-state index in [1.165, 1.54) is 16.8 Å². The monoisotopic (exact) mass is 417 g/mol. The van der Waals surface area contributed by atoms with Crippen LogP contribution in [0.1, 0.15) is 35.8 Å². The second-order valence-electron chi connectivity index (χ2n) is 6.57. The second kappa shape index (κ2) is 7.69. The topological polar surface area (TPSA) is 18.8 Å². The molecule has 0 N–H and O–H groups in total. The first-order chi connectivity index (χ1) is 12.0. The first kappa shape index (κ1) is 18.1. The summed E-state index contributed by atoms with van der Waals surface area (Å²) in [7, 11) is 3.88. The zero-order valence-corrected chi connectivity index (χ0v) is 17.5. The van der Waals surface area contributed by atoms with Crippen molar-refractivity contribution >= 4 is 42.7 Å². The molecule has 1 unspecified atom stereocenters. The van der Waals surface area contributed by atoms with Crippen molar-refractivity contribution in [1.82, 2.24) is 4.90 Å². The van der Waals surface area contributed by atoms with Crippen LogP contribution in [0.2, 0.25) is 0 Å². The van der Waals surface area contributed by atoms with E-state index in [9.17, 15) is 0 Å². The van der Waals surface area contributed by atoms with Crippen molar-refractivity contribution in [1.29, 1.82) is 0 Å². The summed E-state index contributed by atoms with van der Waals surface area (Å²) < 4.78 is 1.09. The molecule has 1 aliphatic heterocycles. The van der Waals surface area contributed by atoms with Gasteiger partial charge in [-0.15, -0.1) is 0 Å². The van der Waals surface area contributed by atoms with E-state index in [1.54, 1.807) is 0 Å². The zero-order valence-electron chi connectivity index (χ0n) is 15.0. The molecule has 3 nitrogen and oxygen atoms in total. The van der Waals surface area contributed by atoms with Crippen molar-refractivity contribution in [2.45, 2.75) is 24.7 Å². The van der Waals surface area contributed by atoms with Crippen LogP contribution in [-0.2, 0) is 0 Å². The van der Waals surface area contributed by atoms with E-state index in [0.717, 1.165) is 4.73 Å². The Balaban J connectivity index is 1.90. The van der Waals surface area contributed by atoms with Crippen LogP contribution in [0.15, 0.2) is 59.6 Å². The molecule has 1 atom stereocenters. The fourth-order valence-electron chi connectivity index (χ4n) is 2.62. The Hall–Kier alpha value is -1.68. The molecule has 1 fully saturated rings. The number of anilines is 1. The number of para-hydroxylation sites is 1. The van der Waals surface area contributed by atoms with Gasteiger partial charge in [0.15, 0.2) is 0 Å². The van der Waals surface area contributed by atoms with Crippen molar-refractivity contribution in [2.24, 2.45) is 4.99 Å². The fourth-order valence-corrected chi connectivity index (χ4v) is 5.19. The summed E-state index contributed by atoms with van der Waals surface area (Å²) in [5, 5.41) is 0.631. The summed E-state index contributed by atoms with van der Waals surface area (Å²) in [5.74, 6) is 0.556. The van der Waals surface area contributed by atoms with Crippen LogP contribution in [0.25, 0.3) is 0 Å². The average molecular weight is 416 g/mol. The predicted molar refractivity (Wildman–Crippen MR) is 112 cm³/mol. The quantitative estimate of drug-likeness (QED) is 0.551. The summed E-state index contributed by atoms with van der Waals surface area (Å²) in [5.41, 5.74) is 3.90. The van der Waals surface area contributed by atoms with Crippen molar-refractivity contribution in [3.05, 3.63) is 65.7 Å². The Labute approximate surface area is 161 Å². The molecule has 25 heavy (non-hydrogen) atoms. The van der Waals surface area contributed by atoms with E-state index in [-0.39, 0.29) is 15.0 Å². The standard InChI is InChI=1S/C20H23N3SSe/c1-14(2)15-10-12-16(13-11-15)18-23(17-8-6-5-7-9-17)20(25-18)21-19(24)22(3)4/h5-14,18H,1-4H3/b21-20-. The molecule has 1 saturated heterocycles. The molecule has 5 heteroatoms. The zero-order chi connectivity index (χ0) is 18.0. The van der Waals surface area contributed by atoms with Crippen LogP contribution in [-0.4, -0.2) is 43.8 Å². The SMILES string of the molecule is CC(C)c1ccc(C2[Se]/C(=N\C(=S)N(C)C)N2c2ccccc2)cc1. The third-order valence-corrected chi connectivity index (χ3v) is 7.14. The molecule has 130 valence electrons. The third-order valence-electron chi connectivity index (χ3n) is 4.15. The molecule has 0 radical (unpaired) electrons. The van der Waals surface area contributed by atoms with Gasteiger partial charge < -0.3 is 0 Å². The van der Waals surface area contributed by atoms with Gasteiger partial charge in [0, 0.05) is 0 Å². The van der Waals surface area contributed by atoms with Gasteiger partial charge in [-0.2, -0.15) is 0 Å². The molecule has 0 amide bonds. The van der Waals surface area contributed by atoms with Crippen LogP contribution in [0.4, 0.5) is 5.69 Å². The van der Waals surface area contributed by atoms with Crippen LogP contribution >= 0.6 is 12.2 Å². The fraction of sp³-hybridized carbons (Fsp3) is 0.300. The molecule has 0 spiro atoms. The molecule has 3 rings (SSSR count). The molecule has 0 saturated carbocycles. The van der Waals surface area contributed by atoms with Crippen molar-refractivity contribution < 1.29 is 0 Å². The van der Waals surface area contributed by atoms with Gasteiger partial charge in [-0.1, -0.05) is 0 Å². The number of hydrogen-bond donors (Lipinski definition) is 0. The second-order valence-corrected chi connectivity index (χ2v) is 9.13. The molecule has 1 aliphatic rings. The summed E-state index contributed by atoms with van der Waals surface area (Å²) in [6.07, 6.45) is 0. The predicted octanol–water partition coefficient (Wildman–Crippen LogP) is 4.24. The van der Waals surface area contributed by atoms with Crippen molar-refractivity contribution in [3.63, 3.8) is 0 Å². The van der Waals surface area contributed by atoms with Gasteiger partial charge in [-0.05, 0) is 0 Å². The molecular formula is C20H23N3SSe. The van der Waals surface area contributed by atoms with Crippen molar-refractivity contribution in [3.8, 4) is 0 Å². The van der Waals surface area contributed by atoms with E-state index >= 15 is 0 Å². The summed E-state index contributed by atoms with van der Waals surface area (Å²) in [6.45, 7) is 4.46. The Morgan fingerprint density at radius 1 is 1.08 bits per heavy atom. The Bertz CT molecular complexity index is 769. The number of aliphatic imine (C=N–C) groups is 1. The van der Waals surface area contributed by atoms with Gasteiger partial charge in [0.1, 0.15) is 0 Å². The maximum atomic E-state index is 5.38. The number of amidine groups is 1. The van der Waals surface area contributed by atoms with Crippen LogP contribution in [0, 0.1) is 0 Å². The Morgan fingerprint density at radius 2 is 1.72 bits per heavy atom. The number of thiocarbonyl (C=S) groups is 1. The molecule has 0 bridgehead atoms. The summed E-state index contributed by atoms with van der Waals surface area (Å²) in [4.78, 5) is 9.26. The number of benzene rings is 2. The van der Waals surface area contributed by atoms with Gasteiger partial charge in [-0.25, -0.2) is 0 Å². The van der Waals surface area contributed by atoms with Gasteiger partial charge in [0.25, 0.3) is 0 Å². The molecule has 2 aromatic carbocycles. The van der Waals surface area contributed by atoms with Gasteiger partial charge in [0.2, 0.25) is 0 Å². The molecular weight excluding hydrogens is 393 g/mol. The molecule has 2 aromatic rings. The first-order valence-electron chi connectivity index (χ1n) is 8.38. The minimum absolute atomic E-state index is 0.273. The van der Waals surface area contributed by atoms with E-state index in [2.05, 4.69) is 72.3 Å². The average Bonchev–Trinajstić information content (AvgIpc) is 2.59.